The molecule has 4 heteroatoms. The summed E-state index contributed by atoms with van der Waals surface area (Å²) in [5, 5.41) is 9.10. The number of aliphatic hydroxyl groups excluding tert-OH is 1. The average Bonchev–Trinajstić information content (AvgIpc) is 2.81. The monoisotopic (exact) mass is 239 g/mol. The van der Waals surface area contributed by atoms with Crippen LogP contribution in [0.1, 0.15) is 51.3 Å². The summed E-state index contributed by atoms with van der Waals surface area (Å²) in [6.07, 6.45) is 8.51. The van der Waals surface area contributed by atoms with E-state index in [1.807, 2.05) is 6.33 Å². The zero-order valence-corrected chi connectivity index (χ0v) is 11.0. The summed E-state index contributed by atoms with van der Waals surface area (Å²) in [4.78, 5) is 4.13. The number of rotatable bonds is 8. The van der Waals surface area contributed by atoms with Gasteiger partial charge in [0, 0.05) is 12.7 Å². The smallest absolute Gasteiger partial charge is 0.0948 e. The van der Waals surface area contributed by atoms with Crippen LogP contribution in [-0.2, 0) is 6.54 Å². The van der Waals surface area contributed by atoms with Gasteiger partial charge >= 0.3 is 0 Å². The summed E-state index contributed by atoms with van der Waals surface area (Å²) in [5.41, 5.74) is 6.78. The largest absolute Gasteiger partial charge is 0.394 e. The van der Waals surface area contributed by atoms with Crippen molar-refractivity contribution in [1.29, 1.82) is 0 Å². The molecule has 0 aliphatic rings. The summed E-state index contributed by atoms with van der Waals surface area (Å²) in [6.45, 7) is 5.37. The molecule has 2 unspecified atom stereocenters. The van der Waals surface area contributed by atoms with E-state index < -0.39 is 0 Å². The molecule has 1 aromatic rings. The van der Waals surface area contributed by atoms with Gasteiger partial charge in [-0.25, -0.2) is 4.98 Å². The Morgan fingerprint density at radius 3 is 2.82 bits per heavy atom. The zero-order chi connectivity index (χ0) is 12.7. The number of nitrogens with zero attached hydrogens (tertiary/aromatic N) is 2. The van der Waals surface area contributed by atoms with Crippen molar-refractivity contribution in [3.8, 4) is 0 Å². The molecule has 0 aliphatic carbocycles. The molecule has 0 aliphatic heterocycles. The third-order valence-electron chi connectivity index (χ3n) is 3.32. The van der Waals surface area contributed by atoms with Gasteiger partial charge in [-0.15, -0.1) is 0 Å². The molecule has 0 saturated carbocycles. The van der Waals surface area contributed by atoms with Crippen molar-refractivity contribution in [3.05, 3.63) is 18.2 Å². The van der Waals surface area contributed by atoms with Gasteiger partial charge in [0.05, 0.1) is 24.7 Å². The minimum absolute atomic E-state index is 0.0303. The lowest BCUT2D eigenvalue weighted by Gasteiger charge is -2.18. The van der Waals surface area contributed by atoms with Crippen LogP contribution in [0.4, 0.5) is 0 Å². The molecule has 0 radical (unpaired) electrons. The lowest BCUT2D eigenvalue weighted by atomic mass is 9.99. The van der Waals surface area contributed by atoms with Gasteiger partial charge in [0.1, 0.15) is 0 Å². The fraction of sp³-hybridized carbons (Fsp3) is 0.769. The van der Waals surface area contributed by atoms with Crippen LogP contribution in [0, 0.1) is 5.92 Å². The second-order valence-corrected chi connectivity index (χ2v) is 4.68. The molecule has 1 heterocycles. The van der Waals surface area contributed by atoms with Gasteiger partial charge in [-0.2, -0.15) is 0 Å². The quantitative estimate of drug-likeness (QED) is 0.730. The molecule has 0 aromatic carbocycles. The Morgan fingerprint density at radius 1 is 1.47 bits per heavy atom. The first-order chi connectivity index (χ1) is 8.22. The third-order valence-corrected chi connectivity index (χ3v) is 3.32. The minimum Gasteiger partial charge on any atom is -0.394 e. The zero-order valence-electron chi connectivity index (χ0n) is 11.0. The summed E-state index contributed by atoms with van der Waals surface area (Å²) >= 11 is 0. The minimum atomic E-state index is -0.318. The molecule has 0 amide bonds. The molecule has 17 heavy (non-hydrogen) atoms. The van der Waals surface area contributed by atoms with Gasteiger partial charge in [-0.05, 0) is 12.3 Å². The molecule has 1 rings (SSSR count). The van der Waals surface area contributed by atoms with Crippen LogP contribution in [0.3, 0.4) is 0 Å². The topological polar surface area (TPSA) is 64.1 Å². The lowest BCUT2D eigenvalue weighted by Crippen LogP contribution is -2.20. The van der Waals surface area contributed by atoms with E-state index in [0.717, 1.165) is 12.2 Å². The van der Waals surface area contributed by atoms with Gasteiger partial charge in [-0.1, -0.05) is 33.1 Å². The van der Waals surface area contributed by atoms with Crippen LogP contribution in [-0.4, -0.2) is 21.3 Å². The Hall–Kier alpha value is -0.870. The van der Waals surface area contributed by atoms with Crippen molar-refractivity contribution in [2.75, 3.05) is 6.61 Å². The Bertz CT molecular complexity index is 311. The van der Waals surface area contributed by atoms with Crippen molar-refractivity contribution >= 4 is 0 Å². The van der Waals surface area contributed by atoms with Crippen molar-refractivity contribution in [3.63, 3.8) is 0 Å². The molecule has 0 saturated heterocycles. The molecular formula is C13H25N3O. The number of aliphatic hydroxyl groups is 1. The molecule has 2 atom stereocenters. The fourth-order valence-electron chi connectivity index (χ4n) is 2.08. The molecule has 0 fully saturated rings. The second kappa shape index (κ2) is 7.45. The van der Waals surface area contributed by atoms with Gasteiger partial charge < -0.3 is 15.4 Å². The number of hydrogen-bond acceptors (Lipinski definition) is 3. The predicted molar refractivity (Wildman–Crippen MR) is 69.5 cm³/mol. The standard InChI is InChI=1S/C13H25N3O/c1-3-5-6-11(4-2)8-16-10-15-7-13(16)12(14)9-17/h7,10-12,17H,3-6,8-9,14H2,1-2H3. The van der Waals surface area contributed by atoms with Gasteiger partial charge in [-0.3, -0.25) is 0 Å². The van der Waals surface area contributed by atoms with Crippen molar-refractivity contribution in [1.82, 2.24) is 9.55 Å². The van der Waals surface area contributed by atoms with E-state index in [1.165, 1.54) is 25.7 Å². The maximum absolute atomic E-state index is 9.10. The number of imidazole rings is 1. The normalized spacial score (nSPS) is 14.8. The fourth-order valence-corrected chi connectivity index (χ4v) is 2.08. The summed E-state index contributed by atoms with van der Waals surface area (Å²) in [6, 6.07) is -0.318. The maximum atomic E-state index is 9.10. The lowest BCUT2D eigenvalue weighted by molar-refractivity contribution is 0.260. The number of hydrogen-bond donors (Lipinski definition) is 2. The molecule has 0 spiro atoms. The van der Waals surface area contributed by atoms with Gasteiger partial charge in [0.15, 0.2) is 0 Å². The Balaban J connectivity index is 2.62. The SMILES string of the molecule is CCCCC(CC)Cn1cncc1C(N)CO. The highest BCUT2D eigenvalue weighted by molar-refractivity contribution is 5.04. The van der Waals surface area contributed by atoms with E-state index in [-0.39, 0.29) is 12.6 Å². The molecule has 98 valence electrons. The molecule has 3 N–H and O–H groups in total. The Labute approximate surface area is 104 Å². The highest BCUT2D eigenvalue weighted by Gasteiger charge is 2.13. The van der Waals surface area contributed by atoms with Crippen LogP contribution in [0.15, 0.2) is 12.5 Å². The van der Waals surface area contributed by atoms with Crippen LogP contribution >= 0.6 is 0 Å². The summed E-state index contributed by atoms with van der Waals surface area (Å²) in [5.74, 6) is 0.675. The van der Waals surface area contributed by atoms with Crippen LogP contribution < -0.4 is 5.73 Å². The van der Waals surface area contributed by atoms with Crippen LogP contribution in [0.2, 0.25) is 0 Å². The predicted octanol–water partition coefficient (Wildman–Crippen LogP) is 2.09. The van der Waals surface area contributed by atoms with E-state index >= 15 is 0 Å². The highest BCUT2D eigenvalue weighted by Crippen LogP contribution is 2.18. The Kier molecular flexibility index (Phi) is 6.22. The van der Waals surface area contributed by atoms with E-state index in [2.05, 4.69) is 23.4 Å². The first-order valence-electron chi connectivity index (χ1n) is 6.59. The van der Waals surface area contributed by atoms with Crippen LogP contribution in [0.5, 0.6) is 0 Å². The van der Waals surface area contributed by atoms with Crippen molar-refractivity contribution in [2.45, 2.75) is 52.1 Å². The number of unbranched alkanes of at least 4 members (excludes halogenated alkanes) is 1. The van der Waals surface area contributed by atoms with Gasteiger partial charge in [0.25, 0.3) is 0 Å². The van der Waals surface area contributed by atoms with Crippen molar-refractivity contribution in [2.24, 2.45) is 11.7 Å². The average molecular weight is 239 g/mol. The van der Waals surface area contributed by atoms with Crippen molar-refractivity contribution < 1.29 is 5.11 Å². The third kappa shape index (κ3) is 4.13. The maximum Gasteiger partial charge on any atom is 0.0948 e. The number of aromatic nitrogens is 2. The van der Waals surface area contributed by atoms with E-state index in [4.69, 9.17) is 10.8 Å². The molecule has 1 aromatic heterocycles. The Morgan fingerprint density at radius 2 is 2.24 bits per heavy atom. The first kappa shape index (κ1) is 14.2. The second-order valence-electron chi connectivity index (χ2n) is 4.68. The van der Waals surface area contributed by atoms with E-state index in [1.54, 1.807) is 6.20 Å². The molecule has 0 bridgehead atoms. The van der Waals surface area contributed by atoms with Crippen LogP contribution in [0.25, 0.3) is 0 Å². The highest BCUT2D eigenvalue weighted by atomic mass is 16.3. The summed E-state index contributed by atoms with van der Waals surface area (Å²) < 4.78 is 2.09. The molecular weight excluding hydrogens is 214 g/mol. The summed E-state index contributed by atoms with van der Waals surface area (Å²) in [7, 11) is 0. The number of nitrogens with two attached hydrogens (primary N) is 1. The molecule has 4 nitrogen and oxygen atoms in total. The first-order valence-corrected chi connectivity index (χ1v) is 6.59. The van der Waals surface area contributed by atoms with E-state index in [9.17, 15) is 0 Å². The van der Waals surface area contributed by atoms with E-state index in [0.29, 0.717) is 5.92 Å². The van der Waals surface area contributed by atoms with Gasteiger partial charge in [0.2, 0.25) is 0 Å².